The molecule has 4 rings (SSSR count). The predicted octanol–water partition coefficient (Wildman–Crippen LogP) is 2.48. The summed E-state index contributed by atoms with van der Waals surface area (Å²) in [7, 11) is 5.31. The standard InChI is InChI=1S/C21H21FN3O3P/c1-28-16-7-4-14-11-25(18(29)17(14)10-16)12-21(19(26)23-20(27)24-21)9-8-13-2-5-15(22)6-3-13/h2-7,10,29H,8-9,11-12H2,1H3,(H2,23,24,26,27)/t21-/m1/s1. The fourth-order valence-corrected chi connectivity index (χ4v) is 4.25. The van der Waals surface area contributed by atoms with Crippen molar-refractivity contribution in [3.8, 4) is 5.75 Å². The molecule has 6 nitrogen and oxygen atoms in total. The van der Waals surface area contributed by atoms with Gasteiger partial charge in [0.05, 0.1) is 7.11 Å². The molecule has 1 atom stereocenters. The van der Waals surface area contributed by atoms with E-state index < -0.39 is 11.6 Å². The zero-order valence-electron chi connectivity index (χ0n) is 15.9. The van der Waals surface area contributed by atoms with Crippen molar-refractivity contribution in [1.29, 1.82) is 0 Å². The van der Waals surface area contributed by atoms with Gasteiger partial charge < -0.3 is 10.1 Å². The van der Waals surface area contributed by atoms with Crippen LogP contribution < -0.4 is 15.4 Å². The molecule has 3 amide bonds. The lowest BCUT2D eigenvalue weighted by atomic mass is 9.90. The molecular formula is C21H21FN3O3P. The van der Waals surface area contributed by atoms with Crippen LogP contribution in [-0.2, 0) is 17.8 Å². The van der Waals surface area contributed by atoms with Gasteiger partial charge >= 0.3 is 6.03 Å². The van der Waals surface area contributed by atoms with E-state index in [0.29, 0.717) is 25.9 Å². The minimum Gasteiger partial charge on any atom is -0.497 e. The smallest absolute Gasteiger partial charge is 0.322 e. The summed E-state index contributed by atoms with van der Waals surface area (Å²) in [6, 6.07) is 11.5. The quantitative estimate of drug-likeness (QED) is 0.564. The van der Waals surface area contributed by atoms with Gasteiger partial charge in [0.15, 0.2) is 0 Å². The highest BCUT2D eigenvalue weighted by Gasteiger charge is 2.48. The first-order valence-electron chi connectivity index (χ1n) is 9.29. The molecule has 2 N–H and O–H groups in total. The van der Waals surface area contributed by atoms with Gasteiger partial charge in [-0.1, -0.05) is 18.2 Å². The van der Waals surface area contributed by atoms with Crippen LogP contribution in [0.4, 0.5) is 9.18 Å². The summed E-state index contributed by atoms with van der Waals surface area (Å²) < 4.78 is 18.5. The van der Waals surface area contributed by atoms with Crippen LogP contribution in [-0.4, -0.2) is 41.4 Å². The van der Waals surface area contributed by atoms with Crippen molar-refractivity contribution in [3.63, 3.8) is 0 Å². The number of carbonyl (C=O) groups is 2. The Morgan fingerprint density at radius 3 is 2.62 bits per heavy atom. The van der Waals surface area contributed by atoms with Gasteiger partial charge in [0.2, 0.25) is 0 Å². The van der Waals surface area contributed by atoms with Crippen LogP contribution in [0.25, 0.3) is 0 Å². The number of ether oxygens (including phenoxy) is 1. The Balaban J connectivity index is 1.55. The lowest BCUT2D eigenvalue weighted by Crippen LogP contribution is -2.55. The minimum absolute atomic E-state index is 0.307. The molecule has 0 saturated carbocycles. The second-order valence-corrected chi connectivity index (χ2v) is 7.82. The summed E-state index contributed by atoms with van der Waals surface area (Å²) >= 11 is 0. The Hall–Kier alpha value is -2.76. The topological polar surface area (TPSA) is 70.7 Å². The van der Waals surface area contributed by atoms with E-state index in [4.69, 9.17) is 4.74 Å². The monoisotopic (exact) mass is 413 g/mol. The lowest BCUT2D eigenvalue weighted by molar-refractivity contribution is -0.124. The third-order valence-corrected chi connectivity index (χ3v) is 6.06. The maximum absolute atomic E-state index is 13.2. The number of amides is 3. The van der Waals surface area contributed by atoms with Gasteiger partial charge in [0.1, 0.15) is 17.1 Å². The first-order valence-corrected chi connectivity index (χ1v) is 9.79. The molecule has 8 heteroatoms. The highest BCUT2D eigenvalue weighted by molar-refractivity contribution is 7.22. The average Bonchev–Trinajstić information content (AvgIpc) is 3.16. The predicted molar refractivity (Wildman–Crippen MR) is 110 cm³/mol. The van der Waals surface area contributed by atoms with Crippen LogP contribution in [0.15, 0.2) is 42.5 Å². The molecule has 2 aromatic rings. The Morgan fingerprint density at radius 2 is 1.97 bits per heavy atom. The number of halogens is 1. The number of urea groups is 1. The number of carbonyl (C=O) groups excluding carboxylic acids is 2. The largest absolute Gasteiger partial charge is 0.497 e. The van der Waals surface area contributed by atoms with Gasteiger partial charge in [-0.15, -0.1) is 8.86 Å². The number of benzene rings is 2. The fraction of sp³-hybridized carbons (Fsp3) is 0.286. The molecule has 0 spiro atoms. The van der Waals surface area contributed by atoms with E-state index in [1.165, 1.54) is 12.1 Å². The van der Waals surface area contributed by atoms with Gasteiger partial charge in [0, 0.05) is 24.1 Å². The third-order valence-electron chi connectivity index (χ3n) is 5.48. The maximum atomic E-state index is 13.2. The van der Waals surface area contributed by atoms with Crippen molar-refractivity contribution in [2.75, 3.05) is 13.7 Å². The van der Waals surface area contributed by atoms with E-state index in [0.717, 1.165) is 27.9 Å². The fourth-order valence-electron chi connectivity index (χ4n) is 3.86. The molecule has 150 valence electrons. The number of nitrogens with one attached hydrogen (secondary N) is 2. The van der Waals surface area contributed by atoms with Gasteiger partial charge in [0.25, 0.3) is 5.91 Å². The van der Waals surface area contributed by atoms with E-state index in [2.05, 4.69) is 19.5 Å². The second-order valence-electron chi connectivity index (χ2n) is 7.34. The van der Waals surface area contributed by atoms with Crippen molar-refractivity contribution < 1.29 is 18.7 Å². The molecule has 2 heterocycles. The zero-order valence-corrected chi connectivity index (χ0v) is 16.9. The number of imide groups is 1. The SMILES string of the molecule is COc1ccc2c(c1)C(=P)N(C[C@@]1(CCc3ccc(F)cc3)NC(=O)NC1=O)C2. The highest BCUT2D eigenvalue weighted by atomic mass is 31.0. The summed E-state index contributed by atoms with van der Waals surface area (Å²) in [5.74, 6) is 0.0933. The van der Waals surface area contributed by atoms with Gasteiger partial charge in [-0.05, 0) is 48.2 Å². The Morgan fingerprint density at radius 1 is 1.21 bits per heavy atom. The number of aryl methyl sites for hydroxylation is 1. The van der Waals surface area contributed by atoms with Gasteiger partial charge in [-0.3, -0.25) is 15.0 Å². The molecule has 0 aromatic heterocycles. The zero-order chi connectivity index (χ0) is 20.6. The summed E-state index contributed by atoms with van der Waals surface area (Å²) in [5.41, 5.74) is 2.77. The number of fused-ring (bicyclic) bond motifs is 1. The van der Waals surface area contributed by atoms with Crippen molar-refractivity contribution in [2.45, 2.75) is 24.9 Å². The molecule has 1 saturated heterocycles. The van der Waals surface area contributed by atoms with Crippen molar-refractivity contribution >= 4 is 26.2 Å². The number of methoxy groups -OCH3 is 1. The summed E-state index contributed by atoms with van der Waals surface area (Å²) in [4.78, 5) is 26.7. The molecule has 0 aliphatic carbocycles. The average molecular weight is 413 g/mol. The first kappa shape index (κ1) is 19.6. The van der Waals surface area contributed by atoms with Crippen LogP contribution in [0.3, 0.4) is 0 Å². The van der Waals surface area contributed by atoms with Crippen molar-refractivity contribution in [3.05, 3.63) is 65.0 Å². The van der Waals surface area contributed by atoms with E-state index in [1.54, 1.807) is 19.2 Å². The molecule has 2 aliphatic rings. The molecule has 2 aromatic carbocycles. The number of hydrogen-bond donors (Lipinski definition) is 2. The van der Waals surface area contributed by atoms with E-state index >= 15 is 0 Å². The molecule has 0 unspecified atom stereocenters. The van der Waals surface area contributed by atoms with Crippen LogP contribution in [0.2, 0.25) is 0 Å². The van der Waals surface area contributed by atoms with Gasteiger partial charge in [-0.25, -0.2) is 9.18 Å². The van der Waals surface area contributed by atoms with E-state index in [1.807, 2.05) is 23.1 Å². The minimum atomic E-state index is -1.07. The number of rotatable bonds is 6. The second kappa shape index (κ2) is 7.58. The Bertz CT molecular complexity index is 995. The van der Waals surface area contributed by atoms with E-state index in [-0.39, 0.29) is 11.7 Å². The lowest BCUT2D eigenvalue weighted by Gasteiger charge is -2.31. The van der Waals surface area contributed by atoms with Crippen LogP contribution in [0.5, 0.6) is 5.75 Å². The van der Waals surface area contributed by atoms with Gasteiger partial charge in [-0.2, -0.15) is 0 Å². The molecule has 29 heavy (non-hydrogen) atoms. The molecule has 1 fully saturated rings. The third kappa shape index (κ3) is 3.76. The normalized spacial score (nSPS) is 21.1. The van der Waals surface area contributed by atoms with Crippen molar-refractivity contribution in [2.24, 2.45) is 0 Å². The summed E-state index contributed by atoms with van der Waals surface area (Å²) in [6.07, 6.45) is 0.922. The molecule has 2 aliphatic heterocycles. The highest BCUT2D eigenvalue weighted by Crippen LogP contribution is 2.31. The maximum Gasteiger partial charge on any atom is 0.322 e. The molecule has 0 bridgehead atoms. The Labute approximate surface area is 170 Å². The summed E-state index contributed by atoms with van der Waals surface area (Å²) in [6.45, 7) is 0.918. The Kier molecular flexibility index (Phi) is 5.11. The van der Waals surface area contributed by atoms with E-state index in [9.17, 15) is 14.0 Å². The van der Waals surface area contributed by atoms with Crippen LogP contribution >= 0.6 is 8.86 Å². The van der Waals surface area contributed by atoms with Crippen LogP contribution in [0.1, 0.15) is 23.1 Å². The summed E-state index contributed by atoms with van der Waals surface area (Å²) in [5, 5.41) is 5.18. The van der Waals surface area contributed by atoms with Crippen molar-refractivity contribution in [1.82, 2.24) is 15.5 Å². The molecular weight excluding hydrogens is 392 g/mol. The first-order chi connectivity index (χ1) is 13.9. The number of nitrogens with zero attached hydrogens (tertiary/aromatic N) is 1. The van der Waals surface area contributed by atoms with Crippen LogP contribution in [0, 0.1) is 5.82 Å². The molecule has 0 radical (unpaired) electrons. The number of hydrogen-bond acceptors (Lipinski definition) is 3.